The zero-order valence-electron chi connectivity index (χ0n) is 10.1. The first-order valence-electron chi connectivity index (χ1n) is 5.87. The van der Waals surface area contributed by atoms with Crippen LogP contribution in [0.3, 0.4) is 0 Å². The van der Waals surface area contributed by atoms with Gasteiger partial charge in [-0.3, -0.25) is 14.9 Å². The van der Waals surface area contributed by atoms with Gasteiger partial charge in [0, 0.05) is 5.41 Å². The molecule has 0 saturated carbocycles. The van der Waals surface area contributed by atoms with Gasteiger partial charge >= 0.3 is 0 Å². The van der Waals surface area contributed by atoms with Crippen molar-refractivity contribution in [2.24, 2.45) is 17.3 Å². The van der Waals surface area contributed by atoms with E-state index < -0.39 is 29.1 Å². The number of hydrogen-bond acceptors (Lipinski definition) is 5. The standard InChI is InChI=1S/C12H14N4O2/c1-16-4-2-12(3-5-16)8(6-13)10(17)15-11(18)9(12)7-14/h8-9H,2-5H2,1H3,(H,15,17,18). The molecule has 2 rings (SSSR count). The highest BCUT2D eigenvalue weighted by Crippen LogP contribution is 2.47. The lowest BCUT2D eigenvalue weighted by Gasteiger charge is -2.46. The number of imide groups is 1. The third-order valence-electron chi connectivity index (χ3n) is 4.10. The van der Waals surface area contributed by atoms with Crippen LogP contribution in [0.2, 0.25) is 0 Å². The summed E-state index contributed by atoms with van der Waals surface area (Å²) < 4.78 is 0. The maximum atomic E-state index is 11.8. The molecule has 2 heterocycles. The lowest BCUT2D eigenvalue weighted by Crippen LogP contribution is -2.60. The molecule has 2 amide bonds. The van der Waals surface area contributed by atoms with Crippen LogP contribution in [0, 0.1) is 39.9 Å². The van der Waals surface area contributed by atoms with Crippen LogP contribution in [0.5, 0.6) is 0 Å². The van der Waals surface area contributed by atoms with Crippen LogP contribution in [0.15, 0.2) is 0 Å². The summed E-state index contributed by atoms with van der Waals surface area (Å²) in [5.41, 5.74) is -0.810. The molecule has 0 radical (unpaired) electrons. The van der Waals surface area contributed by atoms with Crippen LogP contribution in [-0.2, 0) is 9.59 Å². The maximum absolute atomic E-state index is 11.8. The molecule has 6 nitrogen and oxygen atoms in total. The Morgan fingerprint density at radius 1 is 1.17 bits per heavy atom. The number of likely N-dealkylation sites (tertiary alicyclic amines) is 1. The molecule has 6 heteroatoms. The van der Waals surface area contributed by atoms with Gasteiger partial charge in [-0.2, -0.15) is 10.5 Å². The summed E-state index contributed by atoms with van der Waals surface area (Å²) in [4.78, 5) is 25.6. The van der Waals surface area contributed by atoms with E-state index >= 15 is 0 Å². The van der Waals surface area contributed by atoms with Crippen LogP contribution >= 0.6 is 0 Å². The molecule has 0 aromatic heterocycles. The minimum absolute atomic E-state index is 0.527. The molecule has 94 valence electrons. The summed E-state index contributed by atoms with van der Waals surface area (Å²) in [5.74, 6) is -2.93. The molecule has 0 bridgehead atoms. The van der Waals surface area contributed by atoms with Gasteiger partial charge in [-0.25, -0.2) is 0 Å². The predicted molar refractivity (Wildman–Crippen MR) is 60.5 cm³/mol. The molecular weight excluding hydrogens is 232 g/mol. The van der Waals surface area contributed by atoms with Gasteiger partial charge in [0.15, 0.2) is 0 Å². The Kier molecular flexibility index (Phi) is 3.06. The van der Waals surface area contributed by atoms with Crippen molar-refractivity contribution in [3.63, 3.8) is 0 Å². The van der Waals surface area contributed by atoms with E-state index in [2.05, 4.69) is 10.2 Å². The van der Waals surface area contributed by atoms with Crippen molar-refractivity contribution in [1.82, 2.24) is 10.2 Å². The van der Waals surface area contributed by atoms with E-state index in [1.54, 1.807) is 0 Å². The van der Waals surface area contributed by atoms with E-state index in [0.717, 1.165) is 0 Å². The number of carbonyl (C=O) groups excluding carboxylic acids is 2. The lowest BCUT2D eigenvalue weighted by molar-refractivity contribution is -0.147. The highest BCUT2D eigenvalue weighted by atomic mass is 16.2. The van der Waals surface area contributed by atoms with Crippen LogP contribution in [0.1, 0.15) is 12.8 Å². The van der Waals surface area contributed by atoms with Gasteiger partial charge in [0.25, 0.3) is 0 Å². The highest BCUT2D eigenvalue weighted by Gasteiger charge is 2.56. The molecule has 0 aliphatic carbocycles. The molecule has 0 aromatic carbocycles. The van der Waals surface area contributed by atoms with Crippen LogP contribution in [-0.4, -0.2) is 36.9 Å². The van der Waals surface area contributed by atoms with Crippen molar-refractivity contribution < 1.29 is 9.59 Å². The summed E-state index contributed by atoms with van der Waals surface area (Å²) in [7, 11) is 1.94. The molecule has 2 fully saturated rings. The topological polar surface area (TPSA) is 97.0 Å². The molecule has 1 spiro atoms. The summed E-state index contributed by atoms with van der Waals surface area (Å²) >= 11 is 0. The van der Waals surface area contributed by atoms with Gasteiger partial charge in [-0.05, 0) is 33.0 Å². The Hall–Kier alpha value is -1.92. The second-order valence-corrected chi connectivity index (χ2v) is 5.01. The van der Waals surface area contributed by atoms with Crippen LogP contribution < -0.4 is 5.32 Å². The normalized spacial score (nSPS) is 31.5. The lowest BCUT2D eigenvalue weighted by atomic mass is 9.59. The van der Waals surface area contributed by atoms with Gasteiger partial charge in [0.1, 0.15) is 11.8 Å². The fourth-order valence-corrected chi connectivity index (χ4v) is 2.94. The highest BCUT2D eigenvalue weighted by molar-refractivity contribution is 6.03. The first kappa shape index (κ1) is 12.5. The third-order valence-corrected chi connectivity index (χ3v) is 4.10. The smallest absolute Gasteiger partial charge is 0.244 e. The van der Waals surface area contributed by atoms with Gasteiger partial charge in [0.05, 0.1) is 12.1 Å². The Morgan fingerprint density at radius 2 is 1.61 bits per heavy atom. The number of piperidine rings is 2. The van der Waals surface area contributed by atoms with Gasteiger partial charge in [0.2, 0.25) is 11.8 Å². The Balaban J connectivity index is 2.43. The summed E-state index contributed by atoms with van der Waals surface area (Å²) in [6.45, 7) is 1.38. The Bertz CT molecular complexity index is 431. The number of nitrogens with zero attached hydrogens (tertiary/aromatic N) is 3. The zero-order chi connectivity index (χ0) is 13.3. The Labute approximate surface area is 105 Å². The second-order valence-electron chi connectivity index (χ2n) is 5.01. The van der Waals surface area contributed by atoms with Crippen molar-refractivity contribution in [1.29, 1.82) is 10.5 Å². The van der Waals surface area contributed by atoms with Crippen molar-refractivity contribution in [3.05, 3.63) is 0 Å². The van der Waals surface area contributed by atoms with Gasteiger partial charge < -0.3 is 4.90 Å². The first-order chi connectivity index (χ1) is 8.55. The fraction of sp³-hybridized carbons (Fsp3) is 0.667. The molecule has 2 unspecified atom stereocenters. The molecular formula is C12H14N4O2. The average molecular weight is 246 g/mol. The summed E-state index contributed by atoms with van der Waals surface area (Å²) in [6, 6.07) is 3.96. The van der Waals surface area contributed by atoms with E-state index in [-0.39, 0.29) is 0 Å². The van der Waals surface area contributed by atoms with E-state index in [9.17, 15) is 20.1 Å². The van der Waals surface area contributed by atoms with E-state index in [0.29, 0.717) is 25.9 Å². The number of rotatable bonds is 0. The minimum atomic E-state index is -0.909. The van der Waals surface area contributed by atoms with Crippen LogP contribution in [0.25, 0.3) is 0 Å². The van der Waals surface area contributed by atoms with Gasteiger partial charge in [-0.1, -0.05) is 0 Å². The van der Waals surface area contributed by atoms with Gasteiger partial charge in [-0.15, -0.1) is 0 Å². The number of nitrogens with one attached hydrogen (secondary N) is 1. The van der Waals surface area contributed by atoms with Crippen LogP contribution in [0.4, 0.5) is 0 Å². The summed E-state index contributed by atoms with van der Waals surface area (Å²) in [5, 5.41) is 20.5. The molecule has 0 aromatic rings. The molecule has 2 aliphatic heterocycles. The Morgan fingerprint density at radius 3 is 2.00 bits per heavy atom. The minimum Gasteiger partial charge on any atom is -0.306 e. The average Bonchev–Trinajstić information content (AvgIpc) is 2.33. The quantitative estimate of drug-likeness (QED) is 0.588. The third kappa shape index (κ3) is 1.66. The molecule has 2 saturated heterocycles. The number of hydrogen-bond donors (Lipinski definition) is 1. The number of nitriles is 2. The first-order valence-corrected chi connectivity index (χ1v) is 5.87. The molecule has 2 atom stereocenters. The summed E-state index contributed by atoms with van der Waals surface area (Å²) in [6.07, 6.45) is 1.05. The van der Waals surface area contributed by atoms with Crippen molar-refractivity contribution in [3.8, 4) is 12.1 Å². The van der Waals surface area contributed by atoms with E-state index in [1.807, 2.05) is 19.2 Å². The molecule has 2 aliphatic rings. The van der Waals surface area contributed by atoms with Crippen molar-refractivity contribution in [2.75, 3.05) is 20.1 Å². The monoisotopic (exact) mass is 246 g/mol. The zero-order valence-corrected chi connectivity index (χ0v) is 10.1. The number of amides is 2. The molecule has 18 heavy (non-hydrogen) atoms. The molecule has 1 N–H and O–H groups in total. The van der Waals surface area contributed by atoms with E-state index in [4.69, 9.17) is 0 Å². The number of carbonyl (C=O) groups is 2. The SMILES string of the molecule is CN1CCC2(CC1)C(C#N)C(=O)NC(=O)C2C#N. The maximum Gasteiger partial charge on any atom is 0.244 e. The fourth-order valence-electron chi connectivity index (χ4n) is 2.94. The van der Waals surface area contributed by atoms with Crippen molar-refractivity contribution >= 4 is 11.8 Å². The van der Waals surface area contributed by atoms with E-state index in [1.165, 1.54) is 0 Å². The largest absolute Gasteiger partial charge is 0.306 e. The predicted octanol–water partition coefficient (Wildman–Crippen LogP) is -0.366. The van der Waals surface area contributed by atoms with Crippen molar-refractivity contribution in [2.45, 2.75) is 12.8 Å². The second kappa shape index (κ2) is 4.40.